The second kappa shape index (κ2) is 3.95. The highest BCUT2D eigenvalue weighted by atomic mass is 35.5. The maximum atomic E-state index is 5.96. The predicted octanol–water partition coefficient (Wildman–Crippen LogP) is 3.93. The number of hydrogen-bond donors (Lipinski definition) is 0. The third kappa shape index (κ3) is 1.96. The van der Waals surface area contributed by atoms with Gasteiger partial charge in [0.15, 0.2) is 0 Å². The number of nitrogens with zero attached hydrogens (tertiary/aromatic N) is 1. The van der Waals surface area contributed by atoms with Crippen LogP contribution < -0.4 is 0 Å². The Morgan fingerprint density at radius 2 is 2.21 bits per heavy atom. The molecule has 1 aliphatic heterocycles. The molecule has 0 saturated carbocycles. The molecule has 74 valence electrons. The molecular formula is C11H12ClNS. The summed E-state index contributed by atoms with van der Waals surface area (Å²) in [5.41, 5.74) is 1.27. The van der Waals surface area contributed by atoms with Crippen LogP contribution in [0.5, 0.6) is 0 Å². The van der Waals surface area contributed by atoms with Crippen molar-refractivity contribution in [2.24, 2.45) is 4.99 Å². The van der Waals surface area contributed by atoms with E-state index in [0.717, 1.165) is 5.02 Å². The van der Waals surface area contributed by atoms with Crippen molar-refractivity contribution in [3.8, 4) is 0 Å². The first-order valence-corrected chi connectivity index (χ1v) is 5.89. The lowest BCUT2D eigenvalue weighted by Gasteiger charge is -2.13. The second-order valence-corrected chi connectivity index (χ2v) is 5.25. The molecule has 0 aromatic heterocycles. The Morgan fingerprint density at radius 3 is 2.79 bits per heavy atom. The zero-order valence-corrected chi connectivity index (χ0v) is 9.77. The van der Waals surface area contributed by atoms with E-state index >= 15 is 0 Å². The van der Waals surface area contributed by atoms with Crippen molar-refractivity contribution in [2.75, 3.05) is 0 Å². The van der Waals surface area contributed by atoms with E-state index in [0.29, 0.717) is 11.3 Å². The minimum atomic E-state index is 0.360. The summed E-state index contributed by atoms with van der Waals surface area (Å²) in [5, 5.41) is 2.41. The van der Waals surface area contributed by atoms with Crippen LogP contribution in [0.1, 0.15) is 24.7 Å². The molecule has 1 aromatic carbocycles. The number of benzene rings is 1. The van der Waals surface area contributed by atoms with Gasteiger partial charge < -0.3 is 0 Å². The fraction of sp³-hybridized carbons (Fsp3) is 0.364. The summed E-state index contributed by atoms with van der Waals surface area (Å²) in [6.07, 6.45) is 0. The zero-order valence-electron chi connectivity index (χ0n) is 8.20. The Balaban J connectivity index is 2.25. The van der Waals surface area contributed by atoms with Crippen molar-refractivity contribution in [3.05, 3.63) is 34.9 Å². The van der Waals surface area contributed by atoms with Crippen LogP contribution in [0.4, 0.5) is 0 Å². The smallest absolute Gasteiger partial charge is 0.0655 e. The molecule has 1 nitrogen and oxygen atoms in total. The van der Waals surface area contributed by atoms with Gasteiger partial charge in [0.25, 0.3) is 0 Å². The summed E-state index contributed by atoms with van der Waals surface area (Å²) < 4.78 is 0. The van der Waals surface area contributed by atoms with Gasteiger partial charge in [-0.2, -0.15) is 0 Å². The van der Waals surface area contributed by atoms with Crippen LogP contribution >= 0.6 is 23.4 Å². The van der Waals surface area contributed by atoms with Crippen molar-refractivity contribution < 1.29 is 0 Å². The van der Waals surface area contributed by atoms with Crippen LogP contribution in [0.15, 0.2) is 29.3 Å². The van der Waals surface area contributed by atoms with Gasteiger partial charge in [-0.25, -0.2) is 0 Å². The molecule has 0 spiro atoms. The van der Waals surface area contributed by atoms with E-state index in [-0.39, 0.29) is 0 Å². The second-order valence-electron chi connectivity index (χ2n) is 3.48. The number of hydrogen-bond acceptors (Lipinski definition) is 2. The summed E-state index contributed by atoms with van der Waals surface area (Å²) in [5.74, 6) is 0. The van der Waals surface area contributed by atoms with Gasteiger partial charge in [0.2, 0.25) is 0 Å². The molecule has 0 N–H and O–H groups in total. The molecule has 0 saturated heterocycles. The SMILES string of the molecule is CC1=N[C@H](C)C(c2cccc(Cl)c2)S1. The molecule has 2 atom stereocenters. The molecule has 0 fully saturated rings. The van der Waals surface area contributed by atoms with Gasteiger partial charge in [-0.1, -0.05) is 23.7 Å². The monoisotopic (exact) mass is 225 g/mol. The maximum Gasteiger partial charge on any atom is 0.0655 e. The van der Waals surface area contributed by atoms with Crippen molar-refractivity contribution in [1.29, 1.82) is 0 Å². The molecular weight excluding hydrogens is 214 g/mol. The van der Waals surface area contributed by atoms with Crippen molar-refractivity contribution in [3.63, 3.8) is 0 Å². The van der Waals surface area contributed by atoms with E-state index in [2.05, 4.69) is 24.9 Å². The van der Waals surface area contributed by atoms with Gasteiger partial charge in [0, 0.05) is 5.02 Å². The quantitative estimate of drug-likeness (QED) is 0.706. The van der Waals surface area contributed by atoms with Gasteiger partial charge in [0.1, 0.15) is 0 Å². The van der Waals surface area contributed by atoms with Crippen molar-refractivity contribution in [2.45, 2.75) is 25.1 Å². The molecule has 1 aliphatic rings. The zero-order chi connectivity index (χ0) is 10.1. The third-order valence-corrected chi connectivity index (χ3v) is 3.90. The minimum absolute atomic E-state index is 0.360. The Kier molecular flexibility index (Phi) is 2.84. The average Bonchev–Trinajstić information content (AvgIpc) is 2.45. The normalized spacial score (nSPS) is 26.4. The first-order valence-electron chi connectivity index (χ1n) is 4.63. The lowest BCUT2D eigenvalue weighted by atomic mass is 10.1. The summed E-state index contributed by atoms with van der Waals surface area (Å²) in [6, 6.07) is 8.41. The third-order valence-electron chi connectivity index (χ3n) is 2.30. The fourth-order valence-corrected chi connectivity index (χ4v) is 3.03. The largest absolute Gasteiger partial charge is 0.279 e. The van der Waals surface area contributed by atoms with Gasteiger partial charge in [-0.15, -0.1) is 11.8 Å². The lowest BCUT2D eigenvalue weighted by molar-refractivity contribution is 0.740. The average molecular weight is 226 g/mol. The summed E-state index contributed by atoms with van der Waals surface area (Å²) in [7, 11) is 0. The number of rotatable bonds is 1. The van der Waals surface area contributed by atoms with Crippen LogP contribution in [0.2, 0.25) is 5.02 Å². The first-order chi connectivity index (χ1) is 6.66. The molecule has 3 heteroatoms. The predicted molar refractivity (Wildman–Crippen MR) is 64.4 cm³/mol. The molecule has 0 bridgehead atoms. The summed E-state index contributed by atoms with van der Waals surface area (Å²) >= 11 is 7.79. The lowest BCUT2D eigenvalue weighted by Crippen LogP contribution is -2.04. The number of aliphatic imine (C=N–C) groups is 1. The Bertz CT molecular complexity index is 375. The van der Waals surface area contributed by atoms with Gasteiger partial charge in [-0.05, 0) is 31.5 Å². The van der Waals surface area contributed by atoms with Crippen LogP contribution in [0, 0.1) is 0 Å². The first kappa shape index (κ1) is 10.1. The van der Waals surface area contributed by atoms with Gasteiger partial charge in [-0.3, -0.25) is 4.99 Å². The molecule has 0 aliphatic carbocycles. The molecule has 1 heterocycles. The molecule has 1 aromatic rings. The molecule has 1 unspecified atom stereocenters. The molecule has 2 rings (SSSR count). The number of halogens is 1. The molecule has 0 radical (unpaired) electrons. The summed E-state index contributed by atoms with van der Waals surface area (Å²) in [6.45, 7) is 4.21. The molecule has 14 heavy (non-hydrogen) atoms. The van der Waals surface area contributed by atoms with Crippen molar-refractivity contribution >= 4 is 28.4 Å². The topological polar surface area (TPSA) is 12.4 Å². The van der Waals surface area contributed by atoms with E-state index < -0.39 is 0 Å². The molecule has 0 amide bonds. The Labute approximate surface area is 93.6 Å². The minimum Gasteiger partial charge on any atom is -0.279 e. The van der Waals surface area contributed by atoms with E-state index in [1.807, 2.05) is 30.0 Å². The number of thioether (sulfide) groups is 1. The van der Waals surface area contributed by atoms with Crippen LogP contribution in [-0.2, 0) is 0 Å². The highest BCUT2D eigenvalue weighted by molar-refractivity contribution is 8.14. The summed E-state index contributed by atoms with van der Waals surface area (Å²) in [4.78, 5) is 4.51. The van der Waals surface area contributed by atoms with Crippen molar-refractivity contribution in [1.82, 2.24) is 0 Å². The highest BCUT2D eigenvalue weighted by Gasteiger charge is 2.25. The van der Waals surface area contributed by atoms with Crippen LogP contribution in [0.25, 0.3) is 0 Å². The van der Waals surface area contributed by atoms with Crippen LogP contribution in [-0.4, -0.2) is 11.1 Å². The van der Waals surface area contributed by atoms with E-state index in [9.17, 15) is 0 Å². The van der Waals surface area contributed by atoms with E-state index in [1.165, 1.54) is 10.6 Å². The highest BCUT2D eigenvalue weighted by Crippen LogP contribution is 2.40. The van der Waals surface area contributed by atoms with Gasteiger partial charge in [0.05, 0.1) is 16.3 Å². The Morgan fingerprint density at radius 1 is 1.43 bits per heavy atom. The fourth-order valence-electron chi connectivity index (χ4n) is 1.70. The van der Waals surface area contributed by atoms with E-state index in [1.54, 1.807) is 0 Å². The van der Waals surface area contributed by atoms with E-state index in [4.69, 9.17) is 11.6 Å². The van der Waals surface area contributed by atoms with Gasteiger partial charge >= 0.3 is 0 Å². The van der Waals surface area contributed by atoms with Crippen LogP contribution in [0.3, 0.4) is 0 Å². The maximum absolute atomic E-state index is 5.96. The Hall–Kier alpha value is -0.470. The standard InChI is InChI=1S/C11H12ClNS/c1-7-11(14-8(2)13-7)9-4-3-5-10(12)6-9/h3-7,11H,1-2H3/t7-,11?/m1/s1.